The molecule has 0 N–H and O–H groups in total. The summed E-state index contributed by atoms with van der Waals surface area (Å²) in [7, 11) is 0. The van der Waals surface area contributed by atoms with Crippen LogP contribution in [0.1, 0.15) is 44.6 Å². The molecule has 0 bridgehead atoms. The summed E-state index contributed by atoms with van der Waals surface area (Å²) in [4.78, 5) is 10.9. The van der Waals surface area contributed by atoms with Crippen LogP contribution in [0.5, 0.6) is 0 Å². The molecule has 0 amide bonds. The normalized spacial score (nSPS) is 10.2. The van der Waals surface area contributed by atoms with E-state index in [0.717, 1.165) is 19.3 Å². The SMILES string of the molecule is CCC(=O)OCCCCCCc1ccccc1. The van der Waals surface area contributed by atoms with Gasteiger partial charge in [-0.15, -0.1) is 0 Å². The highest BCUT2D eigenvalue weighted by Crippen LogP contribution is 2.07. The number of ether oxygens (including phenoxy) is 1. The van der Waals surface area contributed by atoms with Crippen molar-refractivity contribution in [2.75, 3.05) is 6.61 Å². The first-order chi connectivity index (χ1) is 8.33. The van der Waals surface area contributed by atoms with E-state index in [1.807, 2.05) is 13.0 Å². The third kappa shape index (κ3) is 6.77. The van der Waals surface area contributed by atoms with E-state index >= 15 is 0 Å². The second-order valence-electron chi connectivity index (χ2n) is 4.22. The van der Waals surface area contributed by atoms with Crippen molar-refractivity contribution in [2.45, 2.75) is 45.4 Å². The number of unbranched alkanes of at least 4 members (excludes halogenated alkanes) is 3. The highest BCUT2D eigenvalue weighted by Gasteiger charge is 1.97. The first-order valence-electron chi connectivity index (χ1n) is 6.52. The van der Waals surface area contributed by atoms with Crippen LogP contribution in [-0.4, -0.2) is 12.6 Å². The molecular formula is C15H22O2. The van der Waals surface area contributed by atoms with Gasteiger partial charge in [0.15, 0.2) is 0 Å². The Morgan fingerprint density at radius 3 is 2.47 bits per heavy atom. The van der Waals surface area contributed by atoms with Crippen molar-refractivity contribution in [2.24, 2.45) is 0 Å². The van der Waals surface area contributed by atoms with Gasteiger partial charge in [0.05, 0.1) is 6.61 Å². The number of esters is 1. The fourth-order valence-electron chi connectivity index (χ4n) is 1.72. The molecule has 2 heteroatoms. The van der Waals surface area contributed by atoms with E-state index in [1.165, 1.54) is 18.4 Å². The van der Waals surface area contributed by atoms with Crippen molar-refractivity contribution in [3.8, 4) is 0 Å². The number of benzene rings is 1. The maximum atomic E-state index is 10.9. The maximum Gasteiger partial charge on any atom is 0.305 e. The second-order valence-corrected chi connectivity index (χ2v) is 4.22. The summed E-state index contributed by atoms with van der Waals surface area (Å²) in [5, 5.41) is 0. The number of carbonyl (C=O) groups is 1. The zero-order chi connectivity index (χ0) is 12.3. The molecule has 94 valence electrons. The molecule has 0 aliphatic carbocycles. The molecule has 2 nitrogen and oxygen atoms in total. The quantitative estimate of drug-likeness (QED) is 0.506. The zero-order valence-corrected chi connectivity index (χ0v) is 10.7. The Morgan fingerprint density at radius 2 is 1.76 bits per heavy atom. The van der Waals surface area contributed by atoms with E-state index in [9.17, 15) is 4.79 Å². The van der Waals surface area contributed by atoms with E-state index in [4.69, 9.17) is 4.74 Å². The molecule has 0 radical (unpaired) electrons. The third-order valence-electron chi connectivity index (χ3n) is 2.75. The summed E-state index contributed by atoms with van der Waals surface area (Å²) in [6.45, 7) is 2.40. The Labute approximate surface area is 104 Å². The summed E-state index contributed by atoms with van der Waals surface area (Å²) in [6.07, 6.45) is 6.18. The van der Waals surface area contributed by atoms with Gasteiger partial charge in [-0.05, 0) is 24.8 Å². The number of hydrogen-bond acceptors (Lipinski definition) is 2. The van der Waals surface area contributed by atoms with Gasteiger partial charge in [-0.3, -0.25) is 4.79 Å². The van der Waals surface area contributed by atoms with Crippen LogP contribution in [-0.2, 0) is 16.0 Å². The van der Waals surface area contributed by atoms with Crippen molar-refractivity contribution >= 4 is 5.97 Å². The highest BCUT2D eigenvalue weighted by molar-refractivity contribution is 5.68. The Morgan fingerprint density at radius 1 is 1.06 bits per heavy atom. The summed E-state index contributed by atoms with van der Waals surface area (Å²) in [6, 6.07) is 10.6. The van der Waals surface area contributed by atoms with Crippen LogP contribution >= 0.6 is 0 Å². The lowest BCUT2D eigenvalue weighted by Crippen LogP contribution is -2.03. The monoisotopic (exact) mass is 234 g/mol. The van der Waals surface area contributed by atoms with Crippen molar-refractivity contribution in [3.63, 3.8) is 0 Å². The van der Waals surface area contributed by atoms with Gasteiger partial charge in [-0.2, -0.15) is 0 Å². The molecule has 1 rings (SSSR count). The van der Waals surface area contributed by atoms with Crippen molar-refractivity contribution in [1.29, 1.82) is 0 Å². The fourth-order valence-corrected chi connectivity index (χ4v) is 1.72. The van der Waals surface area contributed by atoms with Crippen molar-refractivity contribution in [1.82, 2.24) is 0 Å². The third-order valence-corrected chi connectivity index (χ3v) is 2.75. The molecule has 0 saturated carbocycles. The lowest BCUT2D eigenvalue weighted by molar-refractivity contribution is -0.143. The van der Waals surface area contributed by atoms with Crippen molar-refractivity contribution < 1.29 is 9.53 Å². The van der Waals surface area contributed by atoms with E-state index in [2.05, 4.69) is 24.3 Å². The largest absolute Gasteiger partial charge is 0.466 e. The molecule has 0 heterocycles. The van der Waals surface area contributed by atoms with E-state index < -0.39 is 0 Å². The summed E-state index contributed by atoms with van der Waals surface area (Å²) in [5.74, 6) is -0.0886. The van der Waals surface area contributed by atoms with Crippen LogP contribution in [0, 0.1) is 0 Å². The Kier molecular flexibility index (Phi) is 7.12. The summed E-state index contributed by atoms with van der Waals surface area (Å²) in [5.41, 5.74) is 1.41. The molecule has 0 fully saturated rings. The molecule has 0 aliphatic heterocycles. The average Bonchev–Trinajstić information content (AvgIpc) is 2.38. The van der Waals surface area contributed by atoms with Crippen LogP contribution in [0.25, 0.3) is 0 Å². The molecule has 1 aromatic carbocycles. The Bertz CT molecular complexity index is 306. The van der Waals surface area contributed by atoms with Gasteiger partial charge >= 0.3 is 5.97 Å². The predicted molar refractivity (Wildman–Crippen MR) is 69.9 cm³/mol. The van der Waals surface area contributed by atoms with Gasteiger partial charge in [0, 0.05) is 6.42 Å². The fraction of sp³-hybridized carbons (Fsp3) is 0.533. The molecular weight excluding hydrogens is 212 g/mol. The molecule has 0 atom stereocenters. The first-order valence-corrected chi connectivity index (χ1v) is 6.52. The van der Waals surface area contributed by atoms with Gasteiger partial charge < -0.3 is 4.74 Å². The number of hydrogen-bond donors (Lipinski definition) is 0. The van der Waals surface area contributed by atoms with Gasteiger partial charge in [-0.25, -0.2) is 0 Å². The van der Waals surface area contributed by atoms with Gasteiger partial charge in [-0.1, -0.05) is 50.1 Å². The van der Waals surface area contributed by atoms with E-state index in [-0.39, 0.29) is 5.97 Å². The standard InChI is InChI=1S/C15H22O2/c1-2-15(16)17-13-9-4-3-6-10-14-11-7-5-8-12-14/h5,7-8,11-12H,2-4,6,9-10,13H2,1H3. The lowest BCUT2D eigenvalue weighted by atomic mass is 10.1. The van der Waals surface area contributed by atoms with Gasteiger partial charge in [0.1, 0.15) is 0 Å². The molecule has 0 spiro atoms. The van der Waals surface area contributed by atoms with Crippen LogP contribution in [0.2, 0.25) is 0 Å². The molecule has 1 aromatic rings. The zero-order valence-electron chi connectivity index (χ0n) is 10.7. The van der Waals surface area contributed by atoms with E-state index in [0.29, 0.717) is 13.0 Å². The van der Waals surface area contributed by atoms with Gasteiger partial charge in [0.25, 0.3) is 0 Å². The highest BCUT2D eigenvalue weighted by atomic mass is 16.5. The summed E-state index contributed by atoms with van der Waals surface area (Å²) >= 11 is 0. The van der Waals surface area contributed by atoms with Crippen LogP contribution in [0.4, 0.5) is 0 Å². The maximum absolute atomic E-state index is 10.9. The Hall–Kier alpha value is -1.31. The number of aryl methyl sites for hydroxylation is 1. The predicted octanol–water partition coefficient (Wildman–Crippen LogP) is 3.74. The number of carbonyl (C=O) groups excluding carboxylic acids is 1. The summed E-state index contributed by atoms with van der Waals surface area (Å²) < 4.78 is 5.02. The van der Waals surface area contributed by atoms with Crippen LogP contribution in [0.3, 0.4) is 0 Å². The first kappa shape index (κ1) is 13.8. The van der Waals surface area contributed by atoms with Crippen molar-refractivity contribution in [3.05, 3.63) is 35.9 Å². The Balaban J connectivity index is 1.93. The molecule has 0 aromatic heterocycles. The minimum atomic E-state index is -0.0886. The van der Waals surface area contributed by atoms with Crippen LogP contribution < -0.4 is 0 Å². The van der Waals surface area contributed by atoms with E-state index in [1.54, 1.807) is 0 Å². The molecule has 0 aliphatic rings. The average molecular weight is 234 g/mol. The van der Waals surface area contributed by atoms with Gasteiger partial charge in [0.2, 0.25) is 0 Å². The minimum absolute atomic E-state index is 0.0886. The molecule has 17 heavy (non-hydrogen) atoms. The molecule has 0 unspecified atom stereocenters. The smallest absolute Gasteiger partial charge is 0.305 e. The lowest BCUT2D eigenvalue weighted by Gasteiger charge is -2.03. The second kappa shape index (κ2) is 8.80. The topological polar surface area (TPSA) is 26.3 Å². The number of rotatable bonds is 8. The molecule has 0 saturated heterocycles. The minimum Gasteiger partial charge on any atom is -0.466 e. The van der Waals surface area contributed by atoms with Crippen LogP contribution in [0.15, 0.2) is 30.3 Å².